The van der Waals surface area contributed by atoms with Crippen LogP contribution in [0.4, 0.5) is 0 Å². The molecule has 0 unspecified atom stereocenters. The summed E-state index contributed by atoms with van der Waals surface area (Å²) >= 11 is 3.41. The SMILES string of the molecule is O=C(O)c1cn(Cc2ccccc2Br)nn1. The molecule has 0 fully saturated rings. The van der Waals surface area contributed by atoms with Gasteiger partial charge in [0.15, 0.2) is 5.69 Å². The molecule has 0 aliphatic heterocycles. The van der Waals surface area contributed by atoms with Gasteiger partial charge < -0.3 is 5.11 Å². The van der Waals surface area contributed by atoms with Gasteiger partial charge in [0.25, 0.3) is 0 Å². The summed E-state index contributed by atoms with van der Waals surface area (Å²) in [6, 6.07) is 7.68. The third-order valence-corrected chi connectivity index (χ3v) is 2.82. The molecule has 1 heterocycles. The van der Waals surface area contributed by atoms with Crippen LogP contribution >= 0.6 is 15.9 Å². The third kappa shape index (κ3) is 2.27. The average molecular weight is 282 g/mol. The van der Waals surface area contributed by atoms with Crippen molar-refractivity contribution < 1.29 is 9.90 Å². The van der Waals surface area contributed by atoms with E-state index in [2.05, 4.69) is 26.2 Å². The maximum absolute atomic E-state index is 10.6. The van der Waals surface area contributed by atoms with Gasteiger partial charge in [-0.05, 0) is 11.6 Å². The molecule has 0 amide bonds. The van der Waals surface area contributed by atoms with Gasteiger partial charge >= 0.3 is 5.97 Å². The van der Waals surface area contributed by atoms with Crippen LogP contribution in [0.3, 0.4) is 0 Å². The molecule has 5 nitrogen and oxygen atoms in total. The van der Waals surface area contributed by atoms with E-state index in [0.29, 0.717) is 6.54 Å². The largest absolute Gasteiger partial charge is 0.476 e. The number of hydrogen-bond donors (Lipinski definition) is 1. The third-order valence-electron chi connectivity index (χ3n) is 2.05. The zero-order chi connectivity index (χ0) is 11.5. The van der Waals surface area contributed by atoms with E-state index in [1.165, 1.54) is 10.9 Å². The molecule has 0 aliphatic carbocycles. The van der Waals surface area contributed by atoms with Crippen molar-refractivity contribution in [2.45, 2.75) is 6.54 Å². The first-order chi connectivity index (χ1) is 7.66. The monoisotopic (exact) mass is 281 g/mol. The Hall–Kier alpha value is -1.69. The average Bonchev–Trinajstić information content (AvgIpc) is 2.70. The molecule has 82 valence electrons. The van der Waals surface area contributed by atoms with Crippen molar-refractivity contribution in [1.29, 1.82) is 0 Å². The highest BCUT2D eigenvalue weighted by Gasteiger charge is 2.08. The summed E-state index contributed by atoms with van der Waals surface area (Å²) in [7, 11) is 0. The Balaban J connectivity index is 2.21. The highest BCUT2D eigenvalue weighted by Crippen LogP contribution is 2.16. The zero-order valence-corrected chi connectivity index (χ0v) is 9.75. The number of carboxylic acids is 1. The number of carboxylic acid groups (broad SMARTS) is 1. The molecule has 0 atom stereocenters. The van der Waals surface area contributed by atoms with Gasteiger partial charge in [-0.1, -0.05) is 39.3 Å². The van der Waals surface area contributed by atoms with Crippen LogP contribution in [0.1, 0.15) is 16.1 Å². The second-order valence-corrected chi connectivity index (χ2v) is 4.05. The van der Waals surface area contributed by atoms with E-state index in [0.717, 1.165) is 10.0 Å². The lowest BCUT2D eigenvalue weighted by atomic mass is 10.2. The van der Waals surface area contributed by atoms with Crippen LogP contribution in [-0.4, -0.2) is 26.1 Å². The molecule has 2 aromatic rings. The minimum absolute atomic E-state index is 0.0490. The van der Waals surface area contributed by atoms with E-state index in [-0.39, 0.29) is 5.69 Å². The number of nitrogens with zero attached hydrogens (tertiary/aromatic N) is 3. The maximum Gasteiger partial charge on any atom is 0.358 e. The summed E-state index contributed by atoms with van der Waals surface area (Å²) in [4.78, 5) is 10.6. The number of hydrogen-bond acceptors (Lipinski definition) is 3. The predicted molar refractivity (Wildman–Crippen MR) is 60.2 cm³/mol. The molecular weight excluding hydrogens is 274 g/mol. The molecule has 1 aromatic heterocycles. The van der Waals surface area contributed by atoms with Crippen molar-refractivity contribution in [2.24, 2.45) is 0 Å². The Bertz CT molecular complexity index is 524. The van der Waals surface area contributed by atoms with E-state index < -0.39 is 5.97 Å². The van der Waals surface area contributed by atoms with Crippen LogP contribution in [0.5, 0.6) is 0 Å². The van der Waals surface area contributed by atoms with E-state index in [4.69, 9.17) is 5.11 Å². The lowest BCUT2D eigenvalue weighted by molar-refractivity contribution is 0.0690. The van der Waals surface area contributed by atoms with Crippen LogP contribution < -0.4 is 0 Å². The quantitative estimate of drug-likeness (QED) is 0.931. The van der Waals surface area contributed by atoms with Gasteiger partial charge in [0, 0.05) is 4.47 Å². The highest BCUT2D eigenvalue weighted by molar-refractivity contribution is 9.10. The highest BCUT2D eigenvalue weighted by atomic mass is 79.9. The van der Waals surface area contributed by atoms with Gasteiger partial charge in [-0.15, -0.1) is 5.10 Å². The molecule has 0 saturated heterocycles. The Morgan fingerprint density at radius 3 is 2.81 bits per heavy atom. The van der Waals surface area contributed by atoms with Crippen LogP contribution in [0.25, 0.3) is 0 Å². The van der Waals surface area contributed by atoms with Crippen molar-refractivity contribution in [2.75, 3.05) is 0 Å². The molecule has 0 spiro atoms. The molecule has 0 bridgehead atoms. The molecule has 16 heavy (non-hydrogen) atoms. The molecular formula is C10H8BrN3O2. The van der Waals surface area contributed by atoms with E-state index >= 15 is 0 Å². The van der Waals surface area contributed by atoms with Crippen LogP contribution in [0.15, 0.2) is 34.9 Å². The van der Waals surface area contributed by atoms with Crippen molar-refractivity contribution in [1.82, 2.24) is 15.0 Å². The maximum atomic E-state index is 10.6. The van der Waals surface area contributed by atoms with Gasteiger partial charge in [-0.3, -0.25) is 0 Å². The predicted octanol–water partition coefficient (Wildman–Crippen LogP) is 1.79. The number of aromatic nitrogens is 3. The Morgan fingerprint density at radius 1 is 1.44 bits per heavy atom. The first-order valence-electron chi connectivity index (χ1n) is 4.53. The summed E-state index contributed by atoms with van der Waals surface area (Å²) < 4.78 is 2.45. The van der Waals surface area contributed by atoms with E-state index in [1.54, 1.807) is 0 Å². The molecule has 0 radical (unpaired) electrons. The first kappa shape index (κ1) is 10.8. The fraction of sp³-hybridized carbons (Fsp3) is 0.100. The molecule has 1 N–H and O–H groups in total. The lowest BCUT2D eigenvalue weighted by Crippen LogP contribution is -2.01. The summed E-state index contributed by atoms with van der Waals surface area (Å²) in [6.07, 6.45) is 1.40. The number of halogens is 1. The van der Waals surface area contributed by atoms with Gasteiger partial charge in [0.1, 0.15) is 0 Å². The Morgan fingerprint density at radius 2 is 2.19 bits per heavy atom. The molecule has 6 heteroatoms. The first-order valence-corrected chi connectivity index (χ1v) is 5.33. The van der Waals surface area contributed by atoms with Crippen molar-refractivity contribution in [3.8, 4) is 0 Å². The lowest BCUT2D eigenvalue weighted by Gasteiger charge is -2.02. The summed E-state index contributed by atoms with van der Waals surface area (Å²) in [5.41, 5.74) is 0.969. The number of rotatable bonds is 3. The minimum atomic E-state index is -1.07. The second-order valence-electron chi connectivity index (χ2n) is 3.20. The van der Waals surface area contributed by atoms with Gasteiger partial charge in [-0.2, -0.15) is 0 Å². The van der Waals surface area contributed by atoms with E-state index in [9.17, 15) is 4.79 Å². The van der Waals surface area contributed by atoms with Gasteiger partial charge in [-0.25, -0.2) is 9.48 Å². The summed E-state index contributed by atoms with van der Waals surface area (Å²) in [5.74, 6) is -1.07. The zero-order valence-electron chi connectivity index (χ0n) is 8.17. The second kappa shape index (κ2) is 4.44. The fourth-order valence-corrected chi connectivity index (χ4v) is 1.68. The Kier molecular flexibility index (Phi) is 3.00. The van der Waals surface area contributed by atoms with Crippen LogP contribution in [-0.2, 0) is 6.54 Å². The van der Waals surface area contributed by atoms with Gasteiger partial charge in [0.05, 0.1) is 12.7 Å². The fourth-order valence-electron chi connectivity index (χ4n) is 1.27. The topological polar surface area (TPSA) is 68.0 Å². The molecule has 2 rings (SSSR count). The van der Waals surface area contributed by atoms with E-state index in [1.807, 2.05) is 24.3 Å². The molecule has 1 aromatic carbocycles. The van der Waals surface area contributed by atoms with Crippen LogP contribution in [0.2, 0.25) is 0 Å². The number of benzene rings is 1. The van der Waals surface area contributed by atoms with Crippen LogP contribution in [0, 0.1) is 0 Å². The molecule has 0 aliphatic rings. The van der Waals surface area contributed by atoms with Gasteiger partial charge in [0.2, 0.25) is 0 Å². The molecule has 0 saturated carbocycles. The number of aromatic carboxylic acids is 1. The summed E-state index contributed by atoms with van der Waals surface area (Å²) in [6.45, 7) is 0.488. The smallest absolute Gasteiger partial charge is 0.358 e. The Labute approximate surface area is 99.8 Å². The normalized spacial score (nSPS) is 10.3. The summed E-state index contributed by atoms with van der Waals surface area (Å²) in [5, 5.41) is 16.0. The van der Waals surface area contributed by atoms with Crippen molar-refractivity contribution in [3.05, 3.63) is 46.2 Å². The van der Waals surface area contributed by atoms with Crippen molar-refractivity contribution >= 4 is 21.9 Å². The minimum Gasteiger partial charge on any atom is -0.476 e. The standard InChI is InChI=1S/C10H8BrN3O2/c11-8-4-2-1-3-7(8)5-14-6-9(10(15)16)12-13-14/h1-4,6H,5H2,(H,15,16). The number of carbonyl (C=O) groups is 1. The van der Waals surface area contributed by atoms with Crippen molar-refractivity contribution in [3.63, 3.8) is 0 Å².